The molecule has 2 rings (SSSR count). The van der Waals surface area contributed by atoms with Crippen LogP contribution in [-0.2, 0) is 0 Å². The maximum atomic E-state index is 5.85. The molecular weight excluding hydrogens is 268 g/mol. The van der Waals surface area contributed by atoms with E-state index in [1.54, 1.807) is 11.3 Å². The van der Waals surface area contributed by atoms with Gasteiger partial charge in [0.15, 0.2) is 5.13 Å². The van der Waals surface area contributed by atoms with E-state index in [4.69, 9.17) is 10.7 Å². The predicted octanol–water partition coefficient (Wildman–Crippen LogP) is 2.90. The molecular formula is C15H24N4S. The Bertz CT molecular complexity index is 562. The van der Waals surface area contributed by atoms with Crippen LogP contribution in [0, 0.1) is 5.92 Å². The van der Waals surface area contributed by atoms with Gasteiger partial charge in [-0.15, -0.1) is 0 Å². The standard InChI is InChI=1S/C15H24N4S/c1-11(2)10-19(8-7-18(3)4)15-17-13-6-5-12(16)9-14(13)20-15/h5-6,9,11H,7-8,10,16H2,1-4H3. The Morgan fingerprint density at radius 1 is 1.25 bits per heavy atom. The molecule has 0 aliphatic rings. The van der Waals surface area contributed by atoms with Crippen LogP contribution in [0.5, 0.6) is 0 Å². The van der Waals surface area contributed by atoms with E-state index in [0.717, 1.165) is 36.0 Å². The summed E-state index contributed by atoms with van der Waals surface area (Å²) in [6.07, 6.45) is 0. The van der Waals surface area contributed by atoms with Crippen molar-refractivity contribution in [2.75, 3.05) is 44.4 Å². The molecule has 0 saturated heterocycles. The number of hydrogen-bond acceptors (Lipinski definition) is 5. The summed E-state index contributed by atoms with van der Waals surface area (Å²) in [5.74, 6) is 0.620. The minimum Gasteiger partial charge on any atom is -0.399 e. The second kappa shape index (κ2) is 6.41. The fourth-order valence-corrected chi connectivity index (χ4v) is 3.14. The van der Waals surface area contributed by atoms with Crippen LogP contribution in [0.4, 0.5) is 10.8 Å². The van der Waals surface area contributed by atoms with E-state index >= 15 is 0 Å². The van der Waals surface area contributed by atoms with Crippen molar-refractivity contribution in [1.82, 2.24) is 9.88 Å². The van der Waals surface area contributed by atoms with E-state index in [1.807, 2.05) is 18.2 Å². The maximum absolute atomic E-state index is 5.85. The van der Waals surface area contributed by atoms with Crippen molar-refractivity contribution in [2.45, 2.75) is 13.8 Å². The average molecular weight is 292 g/mol. The summed E-state index contributed by atoms with van der Waals surface area (Å²) in [5.41, 5.74) is 7.69. The number of rotatable bonds is 6. The molecule has 4 nitrogen and oxygen atoms in total. The van der Waals surface area contributed by atoms with Crippen LogP contribution in [-0.4, -0.2) is 43.6 Å². The van der Waals surface area contributed by atoms with Crippen LogP contribution in [0.15, 0.2) is 18.2 Å². The Labute approximate surface area is 125 Å². The third kappa shape index (κ3) is 3.84. The molecule has 110 valence electrons. The molecule has 0 fully saturated rings. The van der Waals surface area contributed by atoms with E-state index in [9.17, 15) is 0 Å². The van der Waals surface area contributed by atoms with Crippen molar-refractivity contribution in [3.05, 3.63) is 18.2 Å². The lowest BCUT2D eigenvalue weighted by atomic mass is 10.2. The van der Waals surface area contributed by atoms with Crippen molar-refractivity contribution in [1.29, 1.82) is 0 Å². The molecule has 0 radical (unpaired) electrons. The van der Waals surface area contributed by atoms with Gasteiger partial charge in [0.25, 0.3) is 0 Å². The highest BCUT2D eigenvalue weighted by Gasteiger charge is 2.14. The van der Waals surface area contributed by atoms with Gasteiger partial charge in [-0.2, -0.15) is 0 Å². The number of fused-ring (bicyclic) bond motifs is 1. The summed E-state index contributed by atoms with van der Waals surface area (Å²) >= 11 is 1.73. The number of thiazole rings is 1. The van der Waals surface area contributed by atoms with E-state index in [1.165, 1.54) is 4.70 Å². The van der Waals surface area contributed by atoms with Crippen molar-refractivity contribution in [3.8, 4) is 0 Å². The molecule has 0 atom stereocenters. The summed E-state index contributed by atoms with van der Waals surface area (Å²) in [4.78, 5) is 9.34. The number of hydrogen-bond donors (Lipinski definition) is 1. The first-order chi connectivity index (χ1) is 9.45. The van der Waals surface area contributed by atoms with Crippen LogP contribution in [0.1, 0.15) is 13.8 Å². The van der Waals surface area contributed by atoms with Crippen molar-refractivity contribution < 1.29 is 0 Å². The average Bonchev–Trinajstić information content (AvgIpc) is 2.76. The molecule has 0 aliphatic heterocycles. The Hall–Kier alpha value is -1.33. The van der Waals surface area contributed by atoms with Gasteiger partial charge in [0, 0.05) is 25.3 Å². The molecule has 0 saturated carbocycles. The lowest BCUT2D eigenvalue weighted by Gasteiger charge is -2.25. The topological polar surface area (TPSA) is 45.4 Å². The second-order valence-electron chi connectivity index (χ2n) is 5.87. The van der Waals surface area contributed by atoms with Gasteiger partial charge < -0.3 is 15.5 Å². The third-order valence-electron chi connectivity index (χ3n) is 3.07. The Balaban J connectivity index is 2.24. The zero-order valence-corrected chi connectivity index (χ0v) is 13.6. The van der Waals surface area contributed by atoms with Gasteiger partial charge in [0.2, 0.25) is 0 Å². The first-order valence-electron chi connectivity index (χ1n) is 7.01. The van der Waals surface area contributed by atoms with Gasteiger partial charge in [-0.05, 0) is 38.2 Å². The SMILES string of the molecule is CC(C)CN(CCN(C)C)c1nc2ccc(N)cc2s1. The van der Waals surface area contributed by atoms with Gasteiger partial charge in [-0.25, -0.2) is 4.98 Å². The van der Waals surface area contributed by atoms with Gasteiger partial charge in [0.05, 0.1) is 10.2 Å². The van der Waals surface area contributed by atoms with Gasteiger partial charge in [-0.1, -0.05) is 25.2 Å². The van der Waals surface area contributed by atoms with Crippen molar-refractivity contribution in [3.63, 3.8) is 0 Å². The molecule has 0 spiro atoms. The van der Waals surface area contributed by atoms with Crippen LogP contribution >= 0.6 is 11.3 Å². The smallest absolute Gasteiger partial charge is 0.186 e. The first kappa shape index (κ1) is 15.1. The number of benzene rings is 1. The molecule has 5 heteroatoms. The highest BCUT2D eigenvalue weighted by molar-refractivity contribution is 7.22. The number of nitrogen functional groups attached to an aromatic ring is 1. The molecule has 1 aromatic carbocycles. The molecule has 1 heterocycles. The summed E-state index contributed by atoms with van der Waals surface area (Å²) in [7, 11) is 4.21. The maximum Gasteiger partial charge on any atom is 0.186 e. The molecule has 0 amide bonds. The monoisotopic (exact) mass is 292 g/mol. The van der Waals surface area contributed by atoms with E-state index in [2.05, 4.69) is 37.7 Å². The summed E-state index contributed by atoms with van der Waals surface area (Å²) in [5, 5.41) is 1.10. The predicted molar refractivity (Wildman–Crippen MR) is 89.6 cm³/mol. The molecule has 2 N–H and O–H groups in total. The van der Waals surface area contributed by atoms with E-state index in [0.29, 0.717) is 5.92 Å². The fraction of sp³-hybridized carbons (Fsp3) is 0.533. The minimum atomic E-state index is 0.620. The lowest BCUT2D eigenvalue weighted by molar-refractivity contribution is 0.409. The van der Waals surface area contributed by atoms with Crippen LogP contribution in [0.25, 0.3) is 10.2 Å². The zero-order valence-electron chi connectivity index (χ0n) is 12.8. The third-order valence-corrected chi connectivity index (χ3v) is 4.15. The van der Waals surface area contributed by atoms with Crippen molar-refractivity contribution in [2.24, 2.45) is 5.92 Å². The van der Waals surface area contributed by atoms with Crippen molar-refractivity contribution >= 4 is 32.4 Å². The summed E-state index contributed by atoms with van der Waals surface area (Å²) < 4.78 is 1.17. The Kier molecular flexibility index (Phi) is 4.83. The molecule has 20 heavy (non-hydrogen) atoms. The van der Waals surface area contributed by atoms with Crippen LogP contribution in [0.3, 0.4) is 0 Å². The number of likely N-dealkylation sites (N-methyl/N-ethyl adjacent to an activating group) is 1. The van der Waals surface area contributed by atoms with Gasteiger partial charge >= 0.3 is 0 Å². The number of nitrogens with two attached hydrogens (primary N) is 1. The van der Waals surface area contributed by atoms with E-state index < -0.39 is 0 Å². The highest BCUT2D eigenvalue weighted by atomic mass is 32.1. The largest absolute Gasteiger partial charge is 0.399 e. The zero-order chi connectivity index (χ0) is 14.7. The Morgan fingerprint density at radius 2 is 2.00 bits per heavy atom. The molecule has 2 aromatic rings. The summed E-state index contributed by atoms with van der Waals surface area (Å²) in [6.45, 7) is 7.55. The minimum absolute atomic E-state index is 0.620. The van der Waals surface area contributed by atoms with Crippen LogP contribution in [0.2, 0.25) is 0 Å². The quantitative estimate of drug-likeness (QED) is 0.832. The lowest BCUT2D eigenvalue weighted by Crippen LogP contribution is -2.34. The normalized spacial score (nSPS) is 11.7. The van der Waals surface area contributed by atoms with Gasteiger partial charge in [-0.3, -0.25) is 0 Å². The number of nitrogens with zero attached hydrogens (tertiary/aromatic N) is 3. The van der Waals surface area contributed by atoms with Gasteiger partial charge in [0.1, 0.15) is 0 Å². The molecule has 0 aliphatic carbocycles. The molecule has 1 aromatic heterocycles. The molecule has 0 bridgehead atoms. The number of aromatic nitrogens is 1. The van der Waals surface area contributed by atoms with E-state index in [-0.39, 0.29) is 0 Å². The first-order valence-corrected chi connectivity index (χ1v) is 7.83. The second-order valence-corrected chi connectivity index (χ2v) is 6.88. The summed E-state index contributed by atoms with van der Waals surface area (Å²) in [6, 6.07) is 5.93. The van der Waals surface area contributed by atoms with Crippen LogP contribution < -0.4 is 10.6 Å². The number of anilines is 2. The fourth-order valence-electron chi connectivity index (χ4n) is 2.09. The Morgan fingerprint density at radius 3 is 2.65 bits per heavy atom. The molecule has 0 unspecified atom stereocenters. The highest BCUT2D eigenvalue weighted by Crippen LogP contribution is 2.30.